The molecule has 2 N–H and O–H groups in total. The van der Waals surface area contributed by atoms with E-state index in [1.165, 1.54) is 0 Å². The number of aromatic nitrogens is 3. The fraction of sp³-hybridized carbons (Fsp3) is 0.500. The smallest absolute Gasteiger partial charge is 0.243 e. The Balaban J connectivity index is 2.16. The van der Waals surface area contributed by atoms with Crippen LogP contribution in [0.1, 0.15) is 12.5 Å². The van der Waals surface area contributed by atoms with Crippen molar-refractivity contribution in [1.29, 1.82) is 0 Å². The summed E-state index contributed by atoms with van der Waals surface area (Å²) in [6.45, 7) is 4.18. The Hall–Kier alpha value is -1.27. The Labute approximate surface area is 111 Å². The number of aliphatic hydroxyl groups is 1. The fourth-order valence-corrected chi connectivity index (χ4v) is 2.41. The molecular weight excluding hydrogens is 248 g/mol. The molecule has 5 nitrogen and oxygen atoms in total. The van der Waals surface area contributed by atoms with Crippen molar-refractivity contribution in [1.82, 2.24) is 14.6 Å². The topological polar surface area (TPSA) is 62.5 Å². The molecule has 0 aliphatic rings. The molecular formula is C12H18N4OS. The molecule has 0 spiro atoms. The highest BCUT2D eigenvalue weighted by Gasteiger charge is 2.16. The van der Waals surface area contributed by atoms with E-state index in [1.807, 2.05) is 38.4 Å². The summed E-state index contributed by atoms with van der Waals surface area (Å²) in [7, 11) is 0. The number of anilines is 1. The van der Waals surface area contributed by atoms with E-state index in [0.29, 0.717) is 5.95 Å². The molecule has 0 amide bonds. The van der Waals surface area contributed by atoms with Gasteiger partial charge < -0.3 is 10.4 Å². The van der Waals surface area contributed by atoms with Crippen LogP contribution in [0.4, 0.5) is 5.95 Å². The van der Waals surface area contributed by atoms with Gasteiger partial charge in [-0.1, -0.05) is 6.07 Å². The predicted octanol–water partition coefficient (Wildman–Crippen LogP) is 1.56. The molecule has 0 radical (unpaired) electrons. The number of pyridine rings is 1. The van der Waals surface area contributed by atoms with Crippen LogP contribution >= 0.6 is 11.8 Å². The zero-order valence-electron chi connectivity index (χ0n) is 10.8. The number of hydrogen-bond donors (Lipinski definition) is 2. The third-order valence-corrected chi connectivity index (χ3v) is 4.04. The highest BCUT2D eigenvalue weighted by Crippen LogP contribution is 2.14. The van der Waals surface area contributed by atoms with Crippen LogP contribution in [-0.4, -0.2) is 43.9 Å². The highest BCUT2D eigenvalue weighted by atomic mass is 32.2. The third-order valence-electron chi connectivity index (χ3n) is 2.88. The summed E-state index contributed by atoms with van der Waals surface area (Å²) in [6, 6.07) is 4.06. The van der Waals surface area contributed by atoms with Crippen molar-refractivity contribution < 1.29 is 5.11 Å². The Bertz CT molecular complexity index is 524. The minimum atomic E-state index is 0.114. The van der Waals surface area contributed by atoms with Crippen molar-refractivity contribution in [3.05, 3.63) is 23.9 Å². The first-order valence-electron chi connectivity index (χ1n) is 5.87. The molecule has 2 rings (SSSR count). The van der Waals surface area contributed by atoms with Crippen LogP contribution in [-0.2, 0) is 0 Å². The second-order valence-electron chi connectivity index (χ2n) is 4.33. The van der Waals surface area contributed by atoms with Gasteiger partial charge in [-0.2, -0.15) is 16.7 Å². The van der Waals surface area contributed by atoms with Gasteiger partial charge in [0.1, 0.15) is 0 Å². The van der Waals surface area contributed by atoms with Crippen LogP contribution in [0.25, 0.3) is 5.65 Å². The lowest BCUT2D eigenvalue weighted by atomic mass is 10.2. The maximum absolute atomic E-state index is 9.24. The Morgan fingerprint density at radius 2 is 2.28 bits per heavy atom. The quantitative estimate of drug-likeness (QED) is 0.860. The fourth-order valence-electron chi connectivity index (χ4n) is 1.78. The SMILES string of the molecule is CSC(CO)C(C)Nc1nc2ccc(C)cn2n1. The number of fused-ring (bicyclic) bond motifs is 1. The average Bonchev–Trinajstić information content (AvgIpc) is 2.71. The van der Waals surface area contributed by atoms with E-state index < -0.39 is 0 Å². The lowest BCUT2D eigenvalue weighted by Gasteiger charge is -2.20. The van der Waals surface area contributed by atoms with E-state index in [-0.39, 0.29) is 17.9 Å². The second-order valence-corrected chi connectivity index (χ2v) is 5.41. The summed E-state index contributed by atoms with van der Waals surface area (Å²) in [5.41, 5.74) is 1.96. The molecule has 0 aliphatic heterocycles. The zero-order valence-corrected chi connectivity index (χ0v) is 11.6. The number of aryl methyl sites for hydroxylation is 1. The number of nitrogens with one attached hydrogen (secondary N) is 1. The van der Waals surface area contributed by atoms with Crippen LogP contribution in [0.5, 0.6) is 0 Å². The summed E-state index contributed by atoms with van der Waals surface area (Å²) < 4.78 is 1.76. The molecule has 6 heteroatoms. The molecule has 2 unspecified atom stereocenters. The first kappa shape index (κ1) is 13.2. The molecule has 0 aromatic carbocycles. The van der Waals surface area contributed by atoms with Crippen molar-refractivity contribution in [3.63, 3.8) is 0 Å². The second kappa shape index (κ2) is 5.58. The summed E-state index contributed by atoms with van der Waals surface area (Å²) in [4.78, 5) is 4.39. The molecule has 0 fully saturated rings. The standard InChI is InChI=1S/C12H18N4OS/c1-8-4-5-11-14-12(15-16(11)6-8)13-9(2)10(7-17)18-3/h4-6,9-10,17H,7H2,1-3H3,(H,13,15). The van der Waals surface area contributed by atoms with Crippen LogP contribution in [0.2, 0.25) is 0 Å². The van der Waals surface area contributed by atoms with Crippen molar-refractivity contribution in [2.75, 3.05) is 18.2 Å². The van der Waals surface area contributed by atoms with Crippen molar-refractivity contribution in [3.8, 4) is 0 Å². The molecule has 0 aliphatic carbocycles. The Morgan fingerprint density at radius 1 is 1.50 bits per heavy atom. The molecule has 2 heterocycles. The predicted molar refractivity (Wildman–Crippen MR) is 75.2 cm³/mol. The molecule has 0 saturated carbocycles. The van der Waals surface area contributed by atoms with Crippen LogP contribution in [0, 0.1) is 6.92 Å². The van der Waals surface area contributed by atoms with Crippen molar-refractivity contribution >= 4 is 23.4 Å². The minimum absolute atomic E-state index is 0.114. The molecule has 2 aromatic heterocycles. The molecule has 0 saturated heterocycles. The van der Waals surface area contributed by atoms with E-state index in [4.69, 9.17) is 0 Å². The van der Waals surface area contributed by atoms with Gasteiger partial charge in [-0.05, 0) is 31.7 Å². The first-order chi connectivity index (χ1) is 8.63. The highest BCUT2D eigenvalue weighted by molar-refractivity contribution is 7.99. The lowest BCUT2D eigenvalue weighted by Crippen LogP contribution is -2.31. The van der Waals surface area contributed by atoms with E-state index in [0.717, 1.165) is 11.2 Å². The van der Waals surface area contributed by atoms with Gasteiger partial charge in [0.15, 0.2) is 5.65 Å². The Morgan fingerprint density at radius 3 is 2.94 bits per heavy atom. The number of hydrogen-bond acceptors (Lipinski definition) is 5. The number of rotatable bonds is 5. The van der Waals surface area contributed by atoms with Gasteiger partial charge in [-0.3, -0.25) is 0 Å². The van der Waals surface area contributed by atoms with Gasteiger partial charge in [0.05, 0.1) is 6.61 Å². The maximum Gasteiger partial charge on any atom is 0.243 e. The molecule has 0 bridgehead atoms. The first-order valence-corrected chi connectivity index (χ1v) is 7.16. The largest absolute Gasteiger partial charge is 0.395 e. The van der Waals surface area contributed by atoms with Gasteiger partial charge in [-0.25, -0.2) is 4.52 Å². The monoisotopic (exact) mass is 266 g/mol. The number of nitrogens with zero attached hydrogens (tertiary/aromatic N) is 3. The van der Waals surface area contributed by atoms with Gasteiger partial charge in [0.25, 0.3) is 0 Å². The number of aliphatic hydroxyl groups excluding tert-OH is 1. The minimum Gasteiger partial charge on any atom is -0.395 e. The van der Waals surface area contributed by atoms with Crippen LogP contribution < -0.4 is 5.32 Å². The average molecular weight is 266 g/mol. The van der Waals surface area contributed by atoms with E-state index in [2.05, 4.69) is 15.4 Å². The molecule has 98 valence electrons. The molecule has 18 heavy (non-hydrogen) atoms. The normalized spacial score (nSPS) is 14.7. The van der Waals surface area contributed by atoms with Gasteiger partial charge in [0.2, 0.25) is 5.95 Å². The maximum atomic E-state index is 9.24. The van der Waals surface area contributed by atoms with E-state index in [9.17, 15) is 5.11 Å². The molecule has 2 atom stereocenters. The summed E-state index contributed by atoms with van der Waals surface area (Å²) in [5.74, 6) is 0.598. The van der Waals surface area contributed by atoms with E-state index >= 15 is 0 Å². The van der Waals surface area contributed by atoms with E-state index in [1.54, 1.807) is 16.3 Å². The summed E-state index contributed by atoms with van der Waals surface area (Å²) >= 11 is 1.63. The van der Waals surface area contributed by atoms with Gasteiger partial charge >= 0.3 is 0 Å². The van der Waals surface area contributed by atoms with Gasteiger partial charge in [-0.15, -0.1) is 5.10 Å². The van der Waals surface area contributed by atoms with Crippen molar-refractivity contribution in [2.45, 2.75) is 25.1 Å². The van der Waals surface area contributed by atoms with Crippen LogP contribution in [0.15, 0.2) is 18.3 Å². The van der Waals surface area contributed by atoms with Crippen LogP contribution in [0.3, 0.4) is 0 Å². The zero-order chi connectivity index (χ0) is 13.1. The Kier molecular flexibility index (Phi) is 4.08. The van der Waals surface area contributed by atoms with Gasteiger partial charge in [0, 0.05) is 17.5 Å². The third kappa shape index (κ3) is 2.76. The summed E-state index contributed by atoms with van der Waals surface area (Å²) in [6.07, 6.45) is 3.93. The van der Waals surface area contributed by atoms with Crippen molar-refractivity contribution in [2.24, 2.45) is 0 Å². The summed E-state index contributed by atoms with van der Waals surface area (Å²) in [5, 5.41) is 17.0. The lowest BCUT2D eigenvalue weighted by molar-refractivity contribution is 0.288. The molecule has 2 aromatic rings. The number of thioether (sulfide) groups is 1.